The second-order valence-corrected chi connectivity index (χ2v) is 4.09. The molecule has 1 aromatic carbocycles. The van der Waals surface area contributed by atoms with Gasteiger partial charge in [0.15, 0.2) is 17.4 Å². The van der Waals surface area contributed by atoms with Crippen molar-refractivity contribution in [2.24, 2.45) is 0 Å². The Morgan fingerprint density at radius 3 is 2.41 bits per heavy atom. The van der Waals surface area contributed by atoms with Crippen molar-refractivity contribution in [3.8, 4) is 5.75 Å². The number of halogens is 2. The Labute approximate surface area is 99.4 Å². The third-order valence-electron chi connectivity index (χ3n) is 2.41. The van der Waals surface area contributed by atoms with Gasteiger partial charge in [0.1, 0.15) is 6.61 Å². The highest BCUT2D eigenvalue weighted by Crippen LogP contribution is 2.21. The molecular formula is C12H17F2NO2. The minimum Gasteiger partial charge on any atom is -0.486 e. The summed E-state index contributed by atoms with van der Waals surface area (Å²) in [6.45, 7) is 4.01. The van der Waals surface area contributed by atoms with E-state index in [1.807, 2.05) is 6.92 Å². The van der Waals surface area contributed by atoms with E-state index in [2.05, 4.69) is 5.32 Å². The maximum absolute atomic E-state index is 13.3. The van der Waals surface area contributed by atoms with Crippen LogP contribution in [0.3, 0.4) is 0 Å². The number of para-hydroxylation sites is 1. The number of aliphatic hydroxyl groups is 1. The summed E-state index contributed by atoms with van der Waals surface area (Å²) in [7, 11) is 0. The normalized spacial score (nSPS) is 14.4. The van der Waals surface area contributed by atoms with Gasteiger partial charge in [0.2, 0.25) is 0 Å². The van der Waals surface area contributed by atoms with E-state index in [0.29, 0.717) is 6.54 Å². The number of rotatable bonds is 6. The second-order valence-electron chi connectivity index (χ2n) is 4.09. The Kier molecular flexibility index (Phi) is 4.84. The van der Waals surface area contributed by atoms with Gasteiger partial charge in [-0.1, -0.05) is 13.0 Å². The summed E-state index contributed by atoms with van der Waals surface area (Å²) in [5.74, 6) is -1.91. The summed E-state index contributed by atoms with van der Waals surface area (Å²) in [6.07, 6.45) is 0. The molecule has 3 nitrogen and oxygen atoms in total. The third kappa shape index (κ3) is 3.64. The van der Waals surface area contributed by atoms with Crippen molar-refractivity contribution in [1.29, 1.82) is 0 Å². The molecule has 17 heavy (non-hydrogen) atoms. The van der Waals surface area contributed by atoms with Crippen molar-refractivity contribution < 1.29 is 18.6 Å². The maximum atomic E-state index is 13.3. The highest BCUT2D eigenvalue weighted by molar-refractivity contribution is 5.26. The first-order chi connectivity index (χ1) is 8.02. The topological polar surface area (TPSA) is 41.5 Å². The van der Waals surface area contributed by atoms with E-state index in [1.54, 1.807) is 6.92 Å². The average molecular weight is 245 g/mol. The molecule has 5 heteroatoms. The Morgan fingerprint density at radius 2 is 1.94 bits per heavy atom. The first-order valence-electron chi connectivity index (χ1n) is 5.45. The molecule has 0 fully saturated rings. The lowest BCUT2D eigenvalue weighted by Crippen LogP contribution is -2.50. The maximum Gasteiger partial charge on any atom is 0.190 e. The van der Waals surface area contributed by atoms with Gasteiger partial charge in [-0.3, -0.25) is 0 Å². The van der Waals surface area contributed by atoms with Gasteiger partial charge in [0.05, 0.1) is 12.1 Å². The predicted octanol–water partition coefficient (Wildman–Crippen LogP) is 1.70. The average Bonchev–Trinajstić information content (AvgIpc) is 2.29. The van der Waals surface area contributed by atoms with Gasteiger partial charge < -0.3 is 15.2 Å². The van der Waals surface area contributed by atoms with Crippen LogP contribution in [0.1, 0.15) is 13.8 Å². The molecule has 1 rings (SSSR count). The largest absolute Gasteiger partial charge is 0.486 e. The molecule has 0 aliphatic carbocycles. The molecule has 0 saturated heterocycles. The van der Waals surface area contributed by atoms with Crippen molar-refractivity contribution in [1.82, 2.24) is 5.32 Å². The summed E-state index contributed by atoms with van der Waals surface area (Å²) >= 11 is 0. The molecule has 0 aliphatic rings. The minimum absolute atomic E-state index is 0.0187. The Bertz CT molecular complexity index is 353. The fourth-order valence-corrected chi connectivity index (χ4v) is 1.43. The van der Waals surface area contributed by atoms with E-state index in [-0.39, 0.29) is 13.2 Å². The molecule has 0 saturated carbocycles. The number of likely N-dealkylation sites (N-methyl/N-ethyl adjacent to an activating group) is 1. The molecule has 2 N–H and O–H groups in total. The predicted molar refractivity (Wildman–Crippen MR) is 61.0 cm³/mol. The van der Waals surface area contributed by atoms with Gasteiger partial charge in [0.25, 0.3) is 0 Å². The number of nitrogens with one attached hydrogen (secondary N) is 1. The fraction of sp³-hybridized carbons (Fsp3) is 0.500. The summed E-state index contributed by atoms with van der Waals surface area (Å²) in [5, 5.41) is 12.2. The molecule has 0 spiro atoms. The Hall–Kier alpha value is -1.20. The van der Waals surface area contributed by atoms with Gasteiger partial charge in [-0.15, -0.1) is 0 Å². The zero-order valence-electron chi connectivity index (χ0n) is 9.96. The van der Waals surface area contributed by atoms with Crippen LogP contribution in [-0.2, 0) is 0 Å². The van der Waals surface area contributed by atoms with Crippen molar-refractivity contribution in [3.05, 3.63) is 29.8 Å². The lowest BCUT2D eigenvalue weighted by Gasteiger charge is -2.28. The minimum atomic E-state index is -0.748. The van der Waals surface area contributed by atoms with Crippen LogP contribution in [0.25, 0.3) is 0 Å². The van der Waals surface area contributed by atoms with Crippen molar-refractivity contribution in [3.63, 3.8) is 0 Å². The zero-order valence-corrected chi connectivity index (χ0v) is 9.96. The molecule has 0 aromatic heterocycles. The lowest BCUT2D eigenvalue weighted by atomic mass is 10.1. The standard InChI is InChI=1S/C12H17F2NO2/c1-3-15-12(2,7-16)8-17-11-9(13)5-4-6-10(11)14/h4-6,15-16H,3,7-8H2,1-2H3. The number of aliphatic hydroxyl groups excluding tert-OH is 1. The zero-order chi connectivity index (χ0) is 12.9. The third-order valence-corrected chi connectivity index (χ3v) is 2.41. The van der Waals surface area contributed by atoms with Crippen LogP contribution in [0, 0.1) is 11.6 Å². The fourth-order valence-electron chi connectivity index (χ4n) is 1.43. The number of hydrogen-bond acceptors (Lipinski definition) is 3. The molecule has 96 valence electrons. The first kappa shape index (κ1) is 13.9. The highest BCUT2D eigenvalue weighted by atomic mass is 19.1. The van der Waals surface area contributed by atoms with Gasteiger partial charge in [-0.25, -0.2) is 8.78 Å². The number of hydrogen-bond donors (Lipinski definition) is 2. The van der Waals surface area contributed by atoms with Crippen LogP contribution >= 0.6 is 0 Å². The number of benzene rings is 1. The first-order valence-corrected chi connectivity index (χ1v) is 5.45. The summed E-state index contributed by atoms with van der Waals surface area (Å²) in [6, 6.07) is 3.52. The SMILES string of the molecule is CCNC(C)(CO)COc1c(F)cccc1F. The van der Waals surface area contributed by atoms with Crippen LogP contribution in [0.5, 0.6) is 5.75 Å². The second kappa shape index (κ2) is 5.93. The molecule has 0 amide bonds. The van der Waals surface area contributed by atoms with Gasteiger partial charge in [-0.05, 0) is 25.6 Å². The molecule has 0 radical (unpaired) electrons. The van der Waals surface area contributed by atoms with E-state index < -0.39 is 22.9 Å². The van der Waals surface area contributed by atoms with Crippen LogP contribution < -0.4 is 10.1 Å². The van der Waals surface area contributed by atoms with E-state index in [4.69, 9.17) is 4.74 Å². The number of ether oxygens (including phenoxy) is 1. The Balaban J connectivity index is 2.72. The van der Waals surface area contributed by atoms with Gasteiger partial charge >= 0.3 is 0 Å². The quantitative estimate of drug-likeness (QED) is 0.801. The molecule has 0 aliphatic heterocycles. The molecule has 1 aromatic rings. The molecule has 1 unspecified atom stereocenters. The van der Waals surface area contributed by atoms with E-state index in [1.165, 1.54) is 6.07 Å². The van der Waals surface area contributed by atoms with Gasteiger partial charge in [0, 0.05) is 0 Å². The van der Waals surface area contributed by atoms with E-state index in [9.17, 15) is 13.9 Å². The summed E-state index contributed by atoms with van der Waals surface area (Å²) in [5.41, 5.74) is -0.719. The van der Waals surface area contributed by atoms with Crippen LogP contribution in [0.15, 0.2) is 18.2 Å². The summed E-state index contributed by atoms with van der Waals surface area (Å²) < 4.78 is 31.6. The smallest absolute Gasteiger partial charge is 0.190 e. The van der Waals surface area contributed by atoms with Crippen molar-refractivity contribution in [2.75, 3.05) is 19.8 Å². The molecule has 1 atom stereocenters. The Morgan fingerprint density at radius 1 is 1.35 bits per heavy atom. The van der Waals surface area contributed by atoms with E-state index >= 15 is 0 Å². The van der Waals surface area contributed by atoms with Crippen molar-refractivity contribution >= 4 is 0 Å². The molecular weight excluding hydrogens is 228 g/mol. The van der Waals surface area contributed by atoms with Crippen LogP contribution in [-0.4, -0.2) is 30.4 Å². The molecule has 0 bridgehead atoms. The lowest BCUT2D eigenvalue weighted by molar-refractivity contribution is 0.112. The van der Waals surface area contributed by atoms with Crippen molar-refractivity contribution in [2.45, 2.75) is 19.4 Å². The van der Waals surface area contributed by atoms with E-state index in [0.717, 1.165) is 12.1 Å². The molecule has 0 heterocycles. The van der Waals surface area contributed by atoms with Crippen LogP contribution in [0.2, 0.25) is 0 Å². The monoisotopic (exact) mass is 245 g/mol. The van der Waals surface area contributed by atoms with Crippen LogP contribution in [0.4, 0.5) is 8.78 Å². The van der Waals surface area contributed by atoms with Gasteiger partial charge in [-0.2, -0.15) is 0 Å². The highest BCUT2D eigenvalue weighted by Gasteiger charge is 2.24. The summed E-state index contributed by atoms with van der Waals surface area (Å²) in [4.78, 5) is 0.